The third kappa shape index (κ3) is 4.44. The Labute approximate surface area is 121 Å². The summed E-state index contributed by atoms with van der Waals surface area (Å²) in [5, 5.41) is 0. The van der Waals surface area contributed by atoms with E-state index in [9.17, 15) is 0 Å². The minimum Gasteiger partial charge on any atom is -0.374 e. The van der Waals surface area contributed by atoms with Crippen molar-refractivity contribution in [2.75, 3.05) is 6.61 Å². The Balaban J connectivity index is 1.82. The summed E-state index contributed by atoms with van der Waals surface area (Å²) >= 11 is 0. The highest BCUT2D eigenvalue weighted by Crippen LogP contribution is 2.30. The number of rotatable bonds is 7. The van der Waals surface area contributed by atoms with Gasteiger partial charge < -0.3 is 14.2 Å². The van der Waals surface area contributed by atoms with E-state index >= 15 is 0 Å². The van der Waals surface area contributed by atoms with Crippen molar-refractivity contribution in [3.8, 4) is 0 Å². The van der Waals surface area contributed by atoms with E-state index in [4.69, 9.17) is 14.2 Å². The van der Waals surface area contributed by atoms with Crippen molar-refractivity contribution in [1.29, 1.82) is 0 Å². The van der Waals surface area contributed by atoms with Gasteiger partial charge in [0, 0.05) is 0 Å². The molecule has 1 aliphatic heterocycles. The van der Waals surface area contributed by atoms with Gasteiger partial charge in [-0.3, -0.25) is 0 Å². The maximum Gasteiger partial charge on any atom is 0.163 e. The second kappa shape index (κ2) is 7.02. The first-order chi connectivity index (χ1) is 9.61. The molecule has 0 unspecified atom stereocenters. The van der Waals surface area contributed by atoms with Crippen LogP contribution in [0.5, 0.6) is 0 Å². The molecule has 0 N–H and O–H groups in total. The van der Waals surface area contributed by atoms with Crippen LogP contribution in [-0.4, -0.2) is 24.6 Å². The van der Waals surface area contributed by atoms with Crippen molar-refractivity contribution >= 4 is 0 Å². The van der Waals surface area contributed by atoms with Gasteiger partial charge in [0.2, 0.25) is 0 Å². The van der Waals surface area contributed by atoms with Gasteiger partial charge in [0.1, 0.15) is 6.10 Å². The van der Waals surface area contributed by atoms with Crippen LogP contribution in [0.2, 0.25) is 0 Å². The minimum atomic E-state index is -0.521. The molecule has 0 bridgehead atoms. The topological polar surface area (TPSA) is 27.7 Å². The SMILES string of the molecule is C=CCC[C@H]1OC(C)(C)O[C@@H]1COCc1ccccc1. The fraction of sp³-hybridized carbons (Fsp3) is 0.529. The minimum absolute atomic E-state index is 0.00587. The average molecular weight is 276 g/mol. The summed E-state index contributed by atoms with van der Waals surface area (Å²) in [5.74, 6) is -0.521. The summed E-state index contributed by atoms with van der Waals surface area (Å²) in [4.78, 5) is 0. The van der Waals surface area contributed by atoms with Crippen LogP contribution in [0.25, 0.3) is 0 Å². The van der Waals surface area contributed by atoms with Crippen LogP contribution >= 0.6 is 0 Å². The van der Waals surface area contributed by atoms with Crippen molar-refractivity contribution in [2.24, 2.45) is 0 Å². The van der Waals surface area contributed by atoms with E-state index in [0.29, 0.717) is 13.2 Å². The number of ether oxygens (including phenoxy) is 3. The molecule has 1 saturated heterocycles. The normalized spacial score (nSPS) is 24.7. The van der Waals surface area contributed by atoms with E-state index in [2.05, 4.69) is 18.7 Å². The summed E-state index contributed by atoms with van der Waals surface area (Å²) in [6, 6.07) is 10.2. The molecule has 20 heavy (non-hydrogen) atoms. The zero-order chi connectivity index (χ0) is 14.4. The lowest BCUT2D eigenvalue weighted by atomic mass is 10.1. The first kappa shape index (κ1) is 15.2. The zero-order valence-electron chi connectivity index (χ0n) is 12.4. The Kier molecular flexibility index (Phi) is 5.35. The quantitative estimate of drug-likeness (QED) is 0.711. The number of benzene rings is 1. The molecule has 1 aliphatic rings. The summed E-state index contributed by atoms with van der Waals surface area (Å²) in [6.45, 7) is 8.82. The smallest absolute Gasteiger partial charge is 0.163 e. The molecule has 0 aliphatic carbocycles. The maximum atomic E-state index is 5.92. The predicted molar refractivity (Wildman–Crippen MR) is 79.4 cm³/mol. The average Bonchev–Trinajstić information content (AvgIpc) is 2.72. The number of hydrogen-bond acceptors (Lipinski definition) is 3. The van der Waals surface area contributed by atoms with Gasteiger partial charge in [-0.2, -0.15) is 0 Å². The summed E-state index contributed by atoms with van der Waals surface area (Å²) in [5.41, 5.74) is 1.17. The highest BCUT2D eigenvalue weighted by Gasteiger charge is 2.40. The van der Waals surface area contributed by atoms with Gasteiger partial charge >= 0.3 is 0 Å². The molecule has 1 heterocycles. The Bertz CT molecular complexity index is 414. The molecular formula is C17H24O3. The Morgan fingerprint density at radius 2 is 1.90 bits per heavy atom. The molecule has 3 heteroatoms. The fourth-order valence-corrected chi connectivity index (χ4v) is 2.44. The highest BCUT2D eigenvalue weighted by atomic mass is 16.8. The fourth-order valence-electron chi connectivity index (χ4n) is 2.44. The molecular weight excluding hydrogens is 252 g/mol. The van der Waals surface area contributed by atoms with Crippen molar-refractivity contribution in [2.45, 2.75) is 51.3 Å². The first-order valence-corrected chi connectivity index (χ1v) is 7.19. The third-order valence-corrected chi connectivity index (χ3v) is 3.33. The van der Waals surface area contributed by atoms with E-state index in [-0.39, 0.29) is 12.2 Å². The van der Waals surface area contributed by atoms with Crippen LogP contribution in [0.1, 0.15) is 32.3 Å². The van der Waals surface area contributed by atoms with E-state index < -0.39 is 5.79 Å². The monoisotopic (exact) mass is 276 g/mol. The van der Waals surface area contributed by atoms with Gasteiger partial charge in [0.25, 0.3) is 0 Å². The van der Waals surface area contributed by atoms with E-state index in [1.54, 1.807) is 0 Å². The predicted octanol–water partition coefficient (Wildman–Crippen LogP) is 3.69. The van der Waals surface area contributed by atoms with Crippen LogP contribution in [0.15, 0.2) is 43.0 Å². The number of allylic oxidation sites excluding steroid dienone is 1. The van der Waals surface area contributed by atoms with Gasteiger partial charge in [-0.1, -0.05) is 36.4 Å². The molecule has 2 atom stereocenters. The van der Waals surface area contributed by atoms with Crippen molar-refractivity contribution in [3.05, 3.63) is 48.6 Å². The second-order valence-electron chi connectivity index (χ2n) is 5.58. The Morgan fingerprint density at radius 1 is 1.20 bits per heavy atom. The third-order valence-electron chi connectivity index (χ3n) is 3.33. The van der Waals surface area contributed by atoms with Gasteiger partial charge in [0.15, 0.2) is 5.79 Å². The lowest BCUT2D eigenvalue weighted by molar-refractivity contribution is -0.151. The van der Waals surface area contributed by atoms with Crippen molar-refractivity contribution in [1.82, 2.24) is 0 Å². The molecule has 0 saturated carbocycles. The van der Waals surface area contributed by atoms with Gasteiger partial charge in [-0.05, 0) is 32.3 Å². The number of hydrogen-bond donors (Lipinski definition) is 0. The van der Waals surface area contributed by atoms with Crippen LogP contribution in [-0.2, 0) is 20.8 Å². The van der Waals surface area contributed by atoms with Crippen LogP contribution < -0.4 is 0 Å². The molecule has 3 nitrogen and oxygen atoms in total. The largest absolute Gasteiger partial charge is 0.374 e. The molecule has 110 valence electrons. The molecule has 1 aromatic carbocycles. The maximum absolute atomic E-state index is 5.92. The van der Waals surface area contributed by atoms with Gasteiger partial charge in [-0.25, -0.2) is 0 Å². The second-order valence-corrected chi connectivity index (χ2v) is 5.58. The Morgan fingerprint density at radius 3 is 2.60 bits per heavy atom. The van der Waals surface area contributed by atoms with Crippen molar-refractivity contribution in [3.63, 3.8) is 0 Å². The van der Waals surface area contributed by atoms with Crippen LogP contribution in [0.4, 0.5) is 0 Å². The molecule has 1 aromatic rings. The van der Waals surface area contributed by atoms with Gasteiger partial charge in [-0.15, -0.1) is 6.58 Å². The summed E-state index contributed by atoms with van der Waals surface area (Å²) < 4.78 is 17.6. The van der Waals surface area contributed by atoms with Crippen molar-refractivity contribution < 1.29 is 14.2 Å². The molecule has 0 spiro atoms. The molecule has 2 rings (SSSR count). The molecule has 0 radical (unpaired) electrons. The zero-order valence-corrected chi connectivity index (χ0v) is 12.4. The molecule has 1 fully saturated rings. The van der Waals surface area contributed by atoms with Gasteiger partial charge in [0.05, 0.1) is 19.3 Å². The summed E-state index contributed by atoms with van der Waals surface area (Å²) in [6.07, 6.45) is 3.84. The first-order valence-electron chi connectivity index (χ1n) is 7.19. The lowest BCUT2D eigenvalue weighted by Gasteiger charge is -2.16. The van der Waals surface area contributed by atoms with Crippen LogP contribution in [0.3, 0.4) is 0 Å². The lowest BCUT2D eigenvalue weighted by Crippen LogP contribution is -2.27. The van der Waals surface area contributed by atoms with E-state index in [1.807, 2.05) is 38.1 Å². The molecule has 0 amide bonds. The Hall–Kier alpha value is -1.16. The highest BCUT2D eigenvalue weighted by molar-refractivity contribution is 5.13. The summed E-state index contributed by atoms with van der Waals surface area (Å²) in [7, 11) is 0. The molecule has 0 aromatic heterocycles. The standard InChI is InChI=1S/C17H24O3/c1-4-5-11-15-16(20-17(2,3)19-15)13-18-12-14-9-7-6-8-10-14/h4,6-10,15-16H,1,5,11-13H2,2-3H3/t15-,16-/m1/s1. The van der Waals surface area contributed by atoms with E-state index in [1.165, 1.54) is 5.56 Å². The van der Waals surface area contributed by atoms with Crippen LogP contribution in [0, 0.1) is 0 Å². The van der Waals surface area contributed by atoms with E-state index in [0.717, 1.165) is 12.8 Å².